The number of aryl methyl sites for hydroxylation is 2. The first kappa shape index (κ1) is 18.0. The first-order valence-electron chi connectivity index (χ1n) is 8.97. The SMILES string of the molecule is Cc1ccc(CON2C=C[N+]3(SCc4ccc(C)cc4)C=NN=CC23)cc1. The van der Waals surface area contributed by atoms with E-state index in [1.165, 1.54) is 16.7 Å². The summed E-state index contributed by atoms with van der Waals surface area (Å²) in [5, 5.41) is 10.1. The lowest BCUT2D eigenvalue weighted by atomic mass is 10.2. The van der Waals surface area contributed by atoms with Crippen molar-refractivity contribution in [1.82, 2.24) is 5.06 Å². The van der Waals surface area contributed by atoms with Crippen molar-refractivity contribution in [3.8, 4) is 0 Å². The molecule has 0 radical (unpaired) electrons. The van der Waals surface area contributed by atoms with Gasteiger partial charge in [-0.15, -0.1) is 10.2 Å². The van der Waals surface area contributed by atoms with E-state index >= 15 is 0 Å². The van der Waals surface area contributed by atoms with Crippen molar-refractivity contribution in [2.75, 3.05) is 0 Å². The van der Waals surface area contributed by atoms with Crippen molar-refractivity contribution in [3.63, 3.8) is 0 Å². The van der Waals surface area contributed by atoms with Gasteiger partial charge in [0.05, 0.1) is 23.9 Å². The van der Waals surface area contributed by atoms with Crippen molar-refractivity contribution in [3.05, 3.63) is 83.2 Å². The number of hydroxylamine groups is 2. The Morgan fingerprint density at radius 1 is 0.963 bits per heavy atom. The molecule has 4 rings (SSSR count). The number of rotatable bonds is 6. The van der Waals surface area contributed by atoms with Crippen LogP contribution >= 0.6 is 11.9 Å². The molecule has 2 heterocycles. The van der Waals surface area contributed by atoms with Crippen LogP contribution in [-0.4, -0.2) is 27.7 Å². The third kappa shape index (κ3) is 3.98. The van der Waals surface area contributed by atoms with Crippen LogP contribution in [0.15, 0.2) is 71.1 Å². The van der Waals surface area contributed by atoms with E-state index in [2.05, 4.69) is 78.8 Å². The van der Waals surface area contributed by atoms with Gasteiger partial charge in [0, 0.05) is 0 Å². The van der Waals surface area contributed by atoms with Crippen molar-refractivity contribution in [2.24, 2.45) is 10.2 Å². The van der Waals surface area contributed by atoms with Gasteiger partial charge in [-0.25, -0.2) is 0 Å². The van der Waals surface area contributed by atoms with E-state index in [-0.39, 0.29) is 6.17 Å². The molecular weight excluding hydrogens is 356 g/mol. The maximum atomic E-state index is 6.06. The normalized spacial score (nSPS) is 23.0. The van der Waals surface area contributed by atoms with Crippen LogP contribution in [0.3, 0.4) is 0 Å². The molecule has 2 aliphatic heterocycles. The van der Waals surface area contributed by atoms with Crippen LogP contribution in [-0.2, 0) is 17.2 Å². The van der Waals surface area contributed by atoms with Crippen molar-refractivity contribution in [1.29, 1.82) is 0 Å². The van der Waals surface area contributed by atoms with Gasteiger partial charge in [-0.2, -0.15) is 8.95 Å². The van der Waals surface area contributed by atoms with Crippen LogP contribution < -0.4 is 0 Å². The molecule has 0 saturated heterocycles. The highest BCUT2D eigenvalue weighted by Crippen LogP contribution is 2.36. The van der Waals surface area contributed by atoms with Crippen molar-refractivity contribution < 1.29 is 8.73 Å². The number of benzene rings is 2. The van der Waals surface area contributed by atoms with E-state index in [0.717, 1.165) is 11.3 Å². The molecule has 5 nitrogen and oxygen atoms in total. The molecule has 27 heavy (non-hydrogen) atoms. The van der Waals surface area contributed by atoms with Gasteiger partial charge in [-0.1, -0.05) is 59.7 Å². The van der Waals surface area contributed by atoms with Gasteiger partial charge in [0.25, 0.3) is 0 Å². The van der Waals surface area contributed by atoms with E-state index in [1.54, 1.807) is 11.9 Å². The van der Waals surface area contributed by atoms with Gasteiger partial charge in [0.15, 0.2) is 0 Å². The predicted octanol–water partition coefficient (Wildman–Crippen LogP) is 4.54. The summed E-state index contributed by atoms with van der Waals surface area (Å²) in [6, 6.07) is 17.0. The highest BCUT2D eigenvalue weighted by atomic mass is 32.2. The minimum Gasteiger partial charge on any atom is -0.264 e. The minimum atomic E-state index is -0.0524. The Balaban J connectivity index is 1.42. The molecule has 0 fully saturated rings. The topological polar surface area (TPSA) is 37.2 Å². The Morgan fingerprint density at radius 3 is 2.33 bits per heavy atom. The molecule has 0 amide bonds. The standard InChI is InChI=1S/C21H23N4OS/c1-17-3-7-19(8-4-17)14-26-24-11-12-25(16-23-22-13-21(24)25)27-15-20-9-5-18(2)6-10-20/h3-13,16,21H,14-15H2,1-2H3/q+1. The quantitative estimate of drug-likeness (QED) is 0.546. The zero-order valence-corrected chi connectivity index (χ0v) is 16.3. The molecule has 0 saturated carbocycles. The zero-order chi connectivity index (χ0) is 18.7. The molecular formula is C21H23N4OS+. The van der Waals surface area contributed by atoms with E-state index in [4.69, 9.17) is 4.84 Å². The summed E-state index contributed by atoms with van der Waals surface area (Å²) in [5.74, 6) is 0.882. The first-order chi connectivity index (χ1) is 13.1. The molecule has 6 heteroatoms. The lowest BCUT2D eigenvalue weighted by Crippen LogP contribution is -2.50. The van der Waals surface area contributed by atoms with E-state index in [1.807, 2.05) is 23.8 Å². The number of nitrogens with zero attached hydrogens (tertiary/aromatic N) is 4. The Bertz CT molecular complexity index is 876. The fraction of sp³-hybridized carbons (Fsp3) is 0.238. The second-order valence-electron chi connectivity index (χ2n) is 6.85. The van der Waals surface area contributed by atoms with Gasteiger partial charge < -0.3 is 0 Å². The van der Waals surface area contributed by atoms with Gasteiger partial charge >= 0.3 is 0 Å². The highest BCUT2D eigenvalue weighted by molar-refractivity contribution is 7.93. The average Bonchev–Trinajstić information content (AvgIpc) is 3.06. The molecule has 0 spiro atoms. The molecule has 0 N–H and O–H groups in total. The summed E-state index contributed by atoms with van der Waals surface area (Å²) in [7, 11) is 0. The first-order valence-corrected chi connectivity index (χ1v) is 9.91. The highest BCUT2D eigenvalue weighted by Gasteiger charge is 2.46. The summed E-state index contributed by atoms with van der Waals surface area (Å²) in [6.07, 6.45) is 7.74. The minimum absolute atomic E-state index is 0.0524. The van der Waals surface area contributed by atoms with E-state index < -0.39 is 0 Å². The summed E-state index contributed by atoms with van der Waals surface area (Å²) in [5.41, 5.74) is 4.96. The lowest BCUT2D eigenvalue weighted by Gasteiger charge is -2.33. The van der Waals surface area contributed by atoms with E-state index in [0.29, 0.717) is 10.5 Å². The number of quaternary nitrogens is 1. The molecule has 0 bridgehead atoms. The lowest BCUT2D eigenvalue weighted by molar-refractivity contribution is -0.665. The third-order valence-corrected chi connectivity index (χ3v) is 6.04. The van der Waals surface area contributed by atoms with Crippen LogP contribution in [0.4, 0.5) is 0 Å². The second-order valence-corrected chi connectivity index (χ2v) is 8.03. The molecule has 2 aliphatic rings. The molecule has 0 aromatic heterocycles. The molecule has 2 unspecified atom stereocenters. The Hall–Kier alpha value is -2.41. The molecule has 2 atom stereocenters. The smallest absolute Gasteiger partial charge is 0.246 e. The van der Waals surface area contributed by atoms with E-state index in [9.17, 15) is 0 Å². The maximum Gasteiger partial charge on any atom is 0.246 e. The maximum absolute atomic E-state index is 6.06. The Labute approximate surface area is 164 Å². The summed E-state index contributed by atoms with van der Waals surface area (Å²) >= 11 is 1.79. The zero-order valence-electron chi connectivity index (χ0n) is 15.5. The molecule has 0 aliphatic carbocycles. The van der Waals surface area contributed by atoms with Crippen LogP contribution in [0, 0.1) is 13.8 Å². The molecule has 2 aromatic rings. The monoisotopic (exact) mass is 379 g/mol. The molecule has 138 valence electrons. The van der Waals surface area contributed by atoms with Gasteiger partial charge in [-0.05, 0) is 25.0 Å². The third-order valence-electron chi connectivity index (χ3n) is 4.70. The second kappa shape index (κ2) is 7.68. The fourth-order valence-electron chi connectivity index (χ4n) is 2.99. The Morgan fingerprint density at radius 2 is 1.63 bits per heavy atom. The number of fused-ring (bicyclic) bond motifs is 1. The summed E-state index contributed by atoms with van der Waals surface area (Å²) in [4.78, 5) is 6.06. The Kier molecular flexibility index (Phi) is 5.11. The predicted molar refractivity (Wildman–Crippen MR) is 110 cm³/mol. The van der Waals surface area contributed by atoms with Crippen molar-refractivity contribution >= 4 is 24.5 Å². The van der Waals surface area contributed by atoms with Crippen molar-refractivity contribution in [2.45, 2.75) is 32.4 Å². The summed E-state index contributed by atoms with van der Waals surface area (Å²) in [6.45, 7) is 4.71. The summed E-state index contributed by atoms with van der Waals surface area (Å²) < 4.78 is 0.519. The average molecular weight is 380 g/mol. The van der Waals surface area contributed by atoms with Crippen LogP contribution in [0.2, 0.25) is 0 Å². The fourth-order valence-corrected chi connectivity index (χ4v) is 4.10. The number of hydrogen-bond donors (Lipinski definition) is 0. The largest absolute Gasteiger partial charge is 0.264 e. The number of hydrogen-bond acceptors (Lipinski definition) is 5. The van der Waals surface area contributed by atoms with Gasteiger partial charge in [0.2, 0.25) is 12.5 Å². The van der Waals surface area contributed by atoms with Gasteiger partial charge in [0.1, 0.15) is 19.0 Å². The van der Waals surface area contributed by atoms with Gasteiger partial charge in [-0.3, -0.25) is 4.84 Å². The van der Waals surface area contributed by atoms with Crippen LogP contribution in [0.25, 0.3) is 0 Å². The molecule has 2 aromatic carbocycles. The van der Waals surface area contributed by atoms with Crippen LogP contribution in [0.1, 0.15) is 22.3 Å². The van der Waals surface area contributed by atoms with Crippen LogP contribution in [0.5, 0.6) is 0 Å².